The molecule has 0 fully saturated rings. The first-order valence-electron chi connectivity index (χ1n) is 4.44. The minimum absolute atomic E-state index is 0.0659. The van der Waals surface area contributed by atoms with Gasteiger partial charge in [0.15, 0.2) is 5.82 Å². The maximum absolute atomic E-state index is 13.4. The van der Waals surface area contributed by atoms with Crippen molar-refractivity contribution in [1.29, 1.82) is 0 Å². The fourth-order valence-corrected chi connectivity index (χ4v) is 1.27. The minimum atomic E-state index is -5.63. The smallest absolute Gasteiger partial charge is 0.510 e. The maximum Gasteiger partial charge on any atom is 0.707 e. The summed E-state index contributed by atoms with van der Waals surface area (Å²) in [6, 6.07) is 0.149. The van der Waals surface area contributed by atoms with E-state index in [0.29, 0.717) is 0 Å². The molecule has 0 spiro atoms. The molecule has 0 saturated carbocycles. The van der Waals surface area contributed by atoms with E-state index in [4.69, 9.17) is 10.0 Å². The van der Waals surface area contributed by atoms with E-state index >= 15 is 0 Å². The van der Waals surface area contributed by atoms with Crippen LogP contribution < -0.4 is 4.65 Å². The van der Waals surface area contributed by atoms with E-state index < -0.39 is 42.4 Å². The molecule has 11 heteroatoms. The second kappa shape index (κ2) is 4.89. The lowest BCUT2D eigenvalue weighted by molar-refractivity contribution is -0.164. The summed E-state index contributed by atoms with van der Waals surface area (Å²) in [7, 11) is -2.67. The van der Waals surface area contributed by atoms with Crippen LogP contribution in [0.2, 0.25) is 0 Å². The van der Waals surface area contributed by atoms with Gasteiger partial charge in [-0.25, -0.2) is 4.39 Å². The molecule has 3 nitrogen and oxygen atoms in total. The molecular weight excluding hydrogens is 288 g/mol. The number of benzene rings is 1. The van der Waals surface area contributed by atoms with Crippen LogP contribution in [0.3, 0.4) is 0 Å². The van der Waals surface area contributed by atoms with Crippen molar-refractivity contribution in [2.24, 2.45) is 0 Å². The molecule has 0 heterocycles. The molecule has 19 heavy (non-hydrogen) atoms. The highest BCUT2D eigenvalue weighted by atomic mass is 19.4. The van der Waals surface area contributed by atoms with Gasteiger partial charge in [-0.05, 0) is 12.1 Å². The van der Waals surface area contributed by atoms with E-state index in [9.17, 15) is 30.7 Å². The standard InChI is InChI=1S/C8H4BF7O3/c10-6-4(19-9(17)18)2-1-3(7(11,12)13)5(6)8(14,15)16/h1-2,17-18H. The molecule has 0 aromatic heterocycles. The van der Waals surface area contributed by atoms with Crippen molar-refractivity contribution < 1.29 is 45.4 Å². The van der Waals surface area contributed by atoms with Gasteiger partial charge in [-0.2, -0.15) is 26.3 Å². The third kappa shape index (κ3) is 3.50. The Morgan fingerprint density at radius 2 is 1.47 bits per heavy atom. The van der Waals surface area contributed by atoms with E-state index in [-0.39, 0.29) is 12.1 Å². The van der Waals surface area contributed by atoms with Gasteiger partial charge in [0, 0.05) is 0 Å². The SMILES string of the molecule is OB(O)Oc1ccc(C(F)(F)F)c(C(F)(F)F)c1F. The molecule has 0 unspecified atom stereocenters. The lowest BCUT2D eigenvalue weighted by atomic mass is 10.0. The molecular formula is C8H4BF7O3. The highest BCUT2D eigenvalue weighted by molar-refractivity contribution is 6.33. The maximum atomic E-state index is 13.4. The lowest BCUT2D eigenvalue weighted by Crippen LogP contribution is -2.24. The van der Waals surface area contributed by atoms with E-state index in [1.54, 1.807) is 0 Å². The summed E-state index contributed by atoms with van der Waals surface area (Å²) in [5.74, 6) is -3.74. The highest BCUT2D eigenvalue weighted by Crippen LogP contribution is 2.43. The largest absolute Gasteiger partial charge is 0.707 e. The van der Waals surface area contributed by atoms with Crippen LogP contribution in [0.4, 0.5) is 30.7 Å². The Morgan fingerprint density at radius 3 is 1.84 bits per heavy atom. The number of rotatable bonds is 2. The molecule has 106 valence electrons. The number of hydrogen-bond donors (Lipinski definition) is 2. The van der Waals surface area contributed by atoms with E-state index in [1.807, 2.05) is 0 Å². The van der Waals surface area contributed by atoms with Crippen LogP contribution in [0.15, 0.2) is 12.1 Å². The molecule has 0 aliphatic heterocycles. The normalized spacial score (nSPS) is 12.5. The van der Waals surface area contributed by atoms with Gasteiger partial charge in [0.25, 0.3) is 0 Å². The lowest BCUT2D eigenvalue weighted by Gasteiger charge is -2.18. The van der Waals surface area contributed by atoms with Crippen LogP contribution in [-0.2, 0) is 12.4 Å². The van der Waals surface area contributed by atoms with Crippen LogP contribution in [0.25, 0.3) is 0 Å². The molecule has 0 atom stereocenters. The van der Waals surface area contributed by atoms with Gasteiger partial charge in [-0.15, -0.1) is 0 Å². The summed E-state index contributed by atoms with van der Waals surface area (Å²) in [6.07, 6.45) is -11.1. The van der Waals surface area contributed by atoms with Crippen molar-refractivity contribution in [3.63, 3.8) is 0 Å². The molecule has 2 N–H and O–H groups in total. The zero-order valence-corrected chi connectivity index (χ0v) is 8.68. The average Bonchev–Trinajstić information content (AvgIpc) is 2.16. The van der Waals surface area contributed by atoms with Gasteiger partial charge in [0.1, 0.15) is 11.3 Å². The topological polar surface area (TPSA) is 49.7 Å². The molecule has 0 saturated heterocycles. The zero-order chi connectivity index (χ0) is 15.0. The Kier molecular flexibility index (Phi) is 4.01. The molecule has 0 aliphatic carbocycles. The molecule has 1 aromatic rings. The monoisotopic (exact) mass is 292 g/mol. The van der Waals surface area contributed by atoms with Gasteiger partial charge >= 0.3 is 19.7 Å². The summed E-state index contributed by atoms with van der Waals surface area (Å²) in [5.41, 5.74) is -4.82. The zero-order valence-electron chi connectivity index (χ0n) is 8.68. The number of halogens is 7. The van der Waals surface area contributed by atoms with E-state index in [1.165, 1.54) is 0 Å². The quantitative estimate of drug-likeness (QED) is 0.649. The van der Waals surface area contributed by atoms with Crippen LogP contribution in [0.5, 0.6) is 5.75 Å². The van der Waals surface area contributed by atoms with E-state index in [2.05, 4.69) is 4.65 Å². The first kappa shape index (κ1) is 15.6. The van der Waals surface area contributed by atoms with Gasteiger partial charge < -0.3 is 14.7 Å². The molecule has 1 aromatic carbocycles. The van der Waals surface area contributed by atoms with Crippen LogP contribution in [0.1, 0.15) is 11.1 Å². The Hall–Kier alpha value is -1.49. The van der Waals surface area contributed by atoms with Crippen molar-refractivity contribution in [3.8, 4) is 5.75 Å². The third-order valence-corrected chi connectivity index (χ3v) is 1.93. The Morgan fingerprint density at radius 1 is 0.947 bits per heavy atom. The van der Waals surface area contributed by atoms with Crippen molar-refractivity contribution >= 4 is 7.32 Å². The van der Waals surface area contributed by atoms with Crippen molar-refractivity contribution in [2.75, 3.05) is 0 Å². The Labute approximate surface area is 101 Å². The second-order valence-corrected chi connectivity index (χ2v) is 3.24. The first-order chi connectivity index (χ1) is 8.44. The van der Waals surface area contributed by atoms with Crippen LogP contribution >= 0.6 is 0 Å². The summed E-state index contributed by atoms with van der Waals surface area (Å²) in [6.45, 7) is 0. The van der Waals surface area contributed by atoms with Crippen molar-refractivity contribution in [3.05, 3.63) is 29.1 Å². The molecule has 0 bridgehead atoms. The molecule has 1 rings (SSSR count). The summed E-state index contributed by atoms with van der Waals surface area (Å²) in [4.78, 5) is 0. The van der Waals surface area contributed by atoms with Crippen LogP contribution in [-0.4, -0.2) is 17.4 Å². The van der Waals surface area contributed by atoms with Gasteiger partial charge in [0.2, 0.25) is 0 Å². The number of alkyl halides is 6. The second-order valence-electron chi connectivity index (χ2n) is 3.24. The molecule has 0 amide bonds. The fourth-order valence-electron chi connectivity index (χ4n) is 1.27. The average molecular weight is 292 g/mol. The van der Waals surface area contributed by atoms with Crippen molar-refractivity contribution in [2.45, 2.75) is 12.4 Å². The summed E-state index contributed by atoms with van der Waals surface area (Å²) < 4.78 is 91.5. The third-order valence-electron chi connectivity index (χ3n) is 1.93. The predicted molar refractivity (Wildman–Crippen MR) is 47.2 cm³/mol. The van der Waals surface area contributed by atoms with E-state index in [0.717, 1.165) is 0 Å². The van der Waals surface area contributed by atoms with Gasteiger partial charge in [-0.1, -0.05) is 0 Å². The molecule has 0 radical (unpaired) electrons. The number of hydrogen-bond acceptors (Lipinski definition) is 3. The van der Waals surface area contributed by atoms with Gasteiger partial charge in [0.05, 0.1) is 5.56 Å². The first-order valence-corrected chi connectivity index (χ1v) is 4.44. The summed E-state index contributed by atoms with van der Waals surface area (Å²) in [5, 5.41) is 16.6. The molecule has 0 aliphatic rings. The Bertz CT molecular complexity index is 469. The predicted octanol–water partition coefficient (Wildman–Crippen LogP) is 2.21. The van der Waals surface area contributed by atoms with Gasteiger partial charge in [-0.3, -0.25) is 0 Å². The highest BCUT2D eigenvalue weighted by Gasteiger charge is 2.46. The summed E-state index contributed by atoms with van der Waals surface area (Å²) >= 11 is 0. The Balaban J connectivity index is 3.51. The van der Waals surface area contributed by atoms with Crippen molar-refractivity contribution in [1.82, 2.24) is 0 Å². The minimum Gasteiger partial charge on any atom is -0.510 e. The fraction of sp³-hybridized carbons (Fsp3) is 0.250. The van der Waals surface area contributed by atoms with Crippen LogP contribution in [0, 0.1) is 5.82 Å².